The highest BCUT2D eigenvalue weighted by molar-refractivity contribution is 5.68. The van der Waals surface area contributed by atoms with E-state index in [2.05, 4.69) is 6.92 Å². The van der Waals surface area contributed by atoms with E-state index in [1.54, 1.807) is 6.08 Å². The Morgan fingerprint density at radius 1 is 0.651 bits per heavy atom. The molecule has 0 spiro atoms. The van der Waals surface area contributed by atoms with Gasteiger partial charge in [-0.2, -0.15) is 13.2 Å². The van der Waals surface area contributed by atoms with Gasteiger partial charge in [0, 0.05) is 5.56 Å². The Hall–Kier alpha value is -2.31. The van der Waals surface area contributed by atoms with E-state index in [-0.39, 0.29) is 29.9 Å². The van der Waals surface area contributed by atoms with Crippen molar-refractivity contribution in [3.8, 4) is 0 Å². The van der Waals surface area contributed by atoms with Gasteiger partial charge in [-0.1, -0.05) is 51.5 Å². The number of hydrogen-bond acceptors (Lipinski definition) is 0. The maximum Gasteiger partial charge on any atom is 0.422 e. The SMILES string of the molecule is CCCCCC1CCC(C2CCC(c3cc(F)c(C4=CCC(c5cc(F)c(C(F)(F)F)c(F)c5)CC4)c(F)c3)CC2)CC1. The molecule has 0 N–H and O–H groups in total. The molecule has 3 aliphatic carbocycles. The minimum absolute atomic E-state index is 0.0728. The summed E-state index contributed by atoms with van der Waals surface area (Å²) in [5.74, 6) is -2.39. The highest BCUT2D eigenvalue weighted by Gasteiger charge is 2.38. The molecular weight excluding hydrogens is 565 g/mol. The van der Waals surface area contributed by atoms with Crippen LogP contribution < -0.4 is 0 Å². The Balaban J connectivity index is 1.18. The monoisotopic (exact) mass is 608 g/mol. The van der Waals surface area contributed by atoms with Crippen LogP contribution in [0.4, 0.5) is 30.7 Å². The first kappa shape index (κ1) is 32.1. The molecule has 236 valence electrons. The molecule has 1 atom stereocenters. The van der Waals surface area contributed by atoms with Crippen molar-refractivity contribution in [3.63, 3.8) is 0 Å². The quantitative estimate of drug-likeness (QED) is 0.207. The third kappa shape index (κ3) is 7.50. The molecule has 0 nitrogen and oxygen atoms in total. The van der Waals surface area contributed by atoms with E-state index in [4.69, 9.17) is 0 Å². The summed E-state index contributed by atoms with van der Waals surface area (Å²) < 4.78 is 97.7. The van der Waals surface area contributed by atoms with Crippen LogP contribution in [0.5, 0.6) is 0 Å². The van der Waals surface area contributed by atoms with Crippen molar-refractivity contribution >= 4 is 5.57 Å². The summed E-state index contributed by atoms with van der Waals surface area (Å²) in [4.78, 5) is 0. The maximum atomic E-state index is 15.4. The topological polar surface area (TPSA) is 0 Å². The lowest BCUT2D eigenvalue weighted by Crippen LogP contribution is -2.25. The first-order valence-electron chi connectivity index (χ1n) is 16.3. The van der Waals surface area contributed by atoms with Gasteiger partial charge in [0.15, 0.2) is 0 Å². The summed E-state index contributed by atoms with van der Waals surface area (Å²) in [5, 5.41) is 0. The van der Waals surface area contributed by atoms with Crippen molar-refractivity contribution in [3.05, 3.63) is 75.9 Å². The summed E-state index contributed by atoms with van der Waals surface area (Å²) in [5.41, 5.74) is -0.663. The average Bonchev–Trinajstić information content (AvgIpc) is 2.97. The smallest absolute Gasteiger partial charge is 0.206 e. The summed E-state index contributed by atoms with van der Waals surface area (Å²) in [6.45, 7) is 2.25. The zero-order chi connectivity index (χ0) is 30.7. The molecule has 0 saturated heterocycles. The number of hydrogen-bond donors (Lipinski definition) is 0. The predicted octanol–water partition coefficient (Wildman–Crippen LogP) is 12.3. The molecule has 0 amide bonds. The molecule has 0 radical (unpaired) electrons. The summed E-state index contributed by atoms with van der Waals surface area (Å²) in [7, 11) is 0. The molecule has 3 aliphatic rings. The van der Waals surface area contributed by atoms with Gasteiger partial charge in [-0.05, 0) is 128 Å². The summed E-state index contributed by atoms with van der Waals surface area (Å²) in [6, 6.07) is 4.39. The number of unbranched alkanes of at least 4 members (excludes halogenated alkanes) is 2. The van der Waals surface area contributed by atoms with Crippen molar-refractivity contribution in [2.45, 2.75) is 121 Å². The van der Waals surface area contributed by atoms with Gasteiger partial charge in [-0.25, -0.2) is 17.6 Å². The summed E-state index contributed by atoms with van der Waals surface area (Å²) in [6.07, 6.45) is 12.1. The molecule has 2 saturated carbocycles. The zero-order valence-electron chi connectivity index (χ0n) is 25.0. The van der Waals surface area contributed by atoms with Gasteiger partial charge in [0.2, 0.25) is 0 Å². The van der Waals surface area contributed by atoms with Crippen molar-refractivity contribution in [1.29, 1.82) is 0 Å². The van der Waals surface area contributed by atoms with Crippen LogP contribution in [0, 0.1) is 41.0 Å². The molecule has 1 unspecified atom stereocenters. The van der Waals surface area contributed by atoms with Crippen molar-refractivity contribution in [2.75, 3.05) is 0 Å². The van der Waals surface area contributed by atoms with E-state index >= 15 is 8.78 Å². The Morgan fingerprint density at radius 3 is 1.70 bits per heavy atom. The van der Waals surface area contributed by atoms with Gasteiger partial charge < -0.3 is 0 Å². The van der Waals surface area contributed by atoms with E-state index in [0.717, 1.165) is 49.7 Å². The van der Waals surface area contributed by atoms with Crippen molar-refractivity contribution in [2.24, 2.45) is 17.8 Å². The van der Waals surface area contributed by atoms with Crippen LogP contribution in [0.3, 0.4) is 0 Å². The minimum atomic E-state index is -5.13. The number of rotatable bonds is 8. The normalized spacial score (nSPS) is 26.8. The number of benzene rings is 2. The fraction of sp³-hybridized carbons (Fsp3) is 0.611. The van der Waals surface area contributed by atoms with Gasteiger partial charge >= 0.3 is 6.18 Å². The van der Waals surface area contributed by atoms with Gasteiger partial charge in [-0.3, -0.25) is 0 Å². The van der Waals surface area contributed by atoms with Gasteiger partial charge in [-0.15, -0.1) is 0 Å². The number of allylic oxidation sites excluding steroid dienone is 2. The Labute approximate surface area is 251 Å². The molecule has 0 aliphatic heterocycles. The molecule has 7 heteroatoms. The number of halogens is 7. The van der Waals surface area contributed by atoms with Crippen LogP contribution in [-0.4, -0.2) is 0 Å². The van der Waals surface area contributed by atoms with Crippen LogP contribution in [0.1, 0.15) is 137 Å². The predicted molar refractivity (Wildman–Crippen MR) is 157 cm³/mol. The largest absolute Gasteiger partial charge is 0.422 e. The van der Waals surface area contributed by atoms with Gasteiger partial charge in [0.05, 0.1) is 0 Å². The van der Waals surface area contributed by atoms with E-state index in [1.165, 1.54) is 63.5 Å². The van der Waals surface area contributed by atoms with E-state index in [9.17, 15) is 22.0 Å². The minimum Gasteiger partial charge on any atom is -0.206 e. The van der Waals surface area contributed by atoms with E-state index < -0.39 is 40.9 Å². The first-order chi connectivity index (χ1) is 20.5. The second-order valence-electron chi connectivity index (χ2n) is 13.3. The van der Waals surface area contributed by atoms with Crippen LogP contribution in [0.25, 0.3) is 5.57 Å². The lowest BCUT2D eigenvalue weighted by atomic mass is 9.68. The standard InChI is InChI=1S/C36H43F7/c1-2-3-4-5-22-6-8-23(9-7-22)24-10-12-25(13-11-24)28-18-30(37)34(31(38)19-28)27-16-14-26(15-17-27)29-20-32(39)35(33(40)21-29)36(41,42)43/h16,18-26H,2-15,17H2,1H3. The van der Waals surface area contributed by atoms with Crippen LogP contribution >= 0.6 is 0 Å². The highest BCUT2D eigenvalue weighted by atomic mass is 19.4. The molecule has 2 aromatic rings. The van der Waals surface area contributed by atoms with E-state index in [1.807, 2.05) is 0 Å². The van der Waals surface area contributed by atoms with Crippen LogP contribution in [0.15, 0.2) is 30.3 Å². The Bertz CT molecular complexity index is 1230. The average molecular weight is 609 g/mol. The summed E-state index contributed by atoms with van der Waals surface area (Å²) >= 11 is 0. The van der Waals surface area contributed by atoms with E-state index in [0.29, 0.717) is 23.5 Å². The molecule has 0 bridgehead atoms. The van der Waals surface area contributed by atoms with Crippen molar-refractivity contribution < 1.29 is 30.7 Å². The van der Waals surface area contributed by atoms with Gasteiger partial charge in [0.1, 0.15) is 28.8 Å². The number of alkyl halides is 3. The second-order valence-corrected chi connectivity index (χ2v) is 13.3. The molecule has 43 heavy (non-hydrogen) atoms. The fourth-order valence-corrected chi connectivity index (χ4v) is 8.15. The lowest BCUT2D eigenvalue weighted by molar-refractivity contribution is -0.142. The molecule has 0 aromatic heterocycles. The van der Waals surface area contributed by atoms with Crippen molar-refractivity contribution in [1.82, 2.24) is 0 Å². The first-order valence-corrected chi connectivity index (χ1v) is 16.3. The Morgan fingerprint density at radius 2 is 1.19 bits per heavy atom. The molecule has 2 aromatic carbocycles. The van der Waals surface area contributed by atoms with Crippen LogP contribution in [0.2, 0.25) is 0 Å². The highest BCUT2D eigenvalue weighted by Crippen LogP contribution is 2.46. The van der Waals surface area contributed by atoms with Gasteiger partial charge in [0.25, 0.3) is 0 Å². The fourth-order valence-electron chi connectivity index (χ4n) is 8.15. The third-order valence-corrected chi connectivity index (χ3v) is 10.6. The zero-order valence-corrected chi connectivity index (χ0v) is 25.0. The lowest BCUT2D eigenvalue weighted by Gasteiger charge is -2.38. The van der Waals surface area contributed by atoms with Crippen LogP contribution in [-0.2, 0) is 6.18 Å². The third-order valence-electron chi connectivity index (χ3n) is 10.6. The Kier molecular flexibility index (Phi) is 10.3. The molecule has 5 rings (SSSR count). The molecule has 0 heterocycles. The molecular formula is C36H43F7. The molecule has 2 fully saturated rings. The second kappa shape index (κ2) is 13.8. The maximum absolute atomic E-state index is 15.4.